The molecule has 37 heavy (non-hydrogen) atoms. The fraction of sp³-hybridized carbons (Fsp3) is 0.207. The second-order valence-electron chi connectivity index (χ2n) is 8.33. The molecule has 4 aromatic rings. The van der Waals surface area contributed by atoms with Crippen LogP contribution in [0.4, 0.5) is 14.5 Å². The Morgan fingerprint density at radius 2 is 1.41 bits per heavy atom. The zero-order valence-corrected chi connectivity index (χ0v) is 20.7. The third-order valence-corrected chi connectivity index (χ3v) is 5.87. The van der Waals surface area contributed by atoms with Crippen molar-refractivity contribution < 1.29 is 18.3 Å². The number of likely N-dealkylation sites (N-methyl/N-ethyl adjacent to an activating group) is 1. The average molecular weight is 503 g/mol. The lowest BCUT2D eigenvalue weighted by Crippen LogP contribution is -2.27. The normalized spacial score (nSPS) is 10.9. The maximum atomic E-state index is 13.5. The summed E-state index contributed by atoms with van der Waals surface area (Å²) in [5.74, 6) is -0.720. The summed E-state index contributed by atoms with van der Waals surface area (Å²) in [5.41, 5.74) is 2.64. The molecule has 0 aliphatic heterocycles. The van der Waals surface area contributed by atoms with E-state index in [0.29, 0.717) is 40.6 Å². The number of aromatic nitrogens is 2. The molecule has 1 heterocycles. The lowest BCUT2D eigenvalue weighted by Gasteiger charge is -2.18. The SMILES string of the molecule is CCN(CC)CCOc1cccc(NC(=O)c2nc(-c3ccc(F)cc3)cc(-c3ccc(F)cc3)n2)c1. The summed E-state index contributed by atoms with van der Waals surface area (Å²) < 4.78 is 32.8. The second-order valence-corrected chi connectivity index (χ2v) is 8.33. The van der Waals surface area contributed by atoms with Crippen molar-refractivity contribution in [2.75, 3.05) is 31.6 Å². The first-order valence-electron chi connectivity index (χ1n) is 12.1. The van der Waals surface area contributed by atoms with Gasteiger partial charge < -0.3 is 15.0 Å². The second kappa shape index (κ2) is 12.2. The molecule has 1 aromatic heterocycles. The third kappa shape index (κ3) is 6.95. The highest BCUT2D eigenvalue weighted by Gasteiger charge is 2.16. The number of nitrogens with one attached hydrogen (secondary N) is 1. The van der Waals surface area contributed by atoms with Crippen molar-refractivity contribution in [1.29, 1.82) is 0 Å². The standard InChI is InChI=1S/C29H28F2N4O2/c1-3-35(4-2)16-17-37-25-7-5-6-24(18-25)32-29(36)28-33-26(20-8-12-22(30)13-9-20)19-27(34-28)21-10-14-23(31)15-11-21/h5-15,18-19H,3-4,16-17H2,1-2H3,(H,32,36). The molecule has 0 saturated carbocycles. The number of amides is 1. The van der Waals surface area contributed by atoms with Crippen molar-refractivity contribution in [2.45, 2.75) is 13.8 Å². The number of carbonyl (C=O) groups is 1. The molecular weight excluding hydrogens is 474 g/mol. The van der Waals surface area contributed by atoms with Gasteiger partial charge in [-0.05, 0) is 79.8 Å². The van der Waals surface area contributed by atoms with Crippen LogP contribution in [0.1, 0.15) is 24.5 Å². The van der Waals surface area contributed by atoms with E-state index in [4.69, 9.17) is 4.74 Å². The lowest BCUT2D eigenvalue weighted by atomic mass is 10.1. The summed E-state index contributed by atoms with van der Waals surface area (Å²) >= 11 is 0. The van der Waals surface area contributed by atoms with Crippen LogP contribution in [0.5, 0.6) is 5.75 Å². The van der Waals surface area contributed by atoms with Crippen LogP contribution in [0.3, 0.4) is 0 Å². The fourth-order valence-corrected chi connectivity index (χ4v) is 3.77. The Labute approximate surface area is 215 Å². The molecule has 4 rings (SSSR count). The number of rotatable bonds is 10. The van der Waals surface area contributed by atoms with Crippen LogP contribution in [0.2, 0.25) is 0 Å². The molecule has 6 nitrogen and oxygen atoms in total. The first kappa shape index (κ1) is 25.9. The monoisotopic (exact) mass is 502 g/mol. The van der Waals surface area contributed by atoms with Crippen LogP contribution in [0, 0.1) is 11.6 Å². The minimum atomic E-state index is -0.521. The molecule has 0 radical (unpaired) electrons. The molecule has 8 heteroatoms. The van der Waals surface area contributed by atoms with Crippen molar-refractivity contribution in [2.24, 2.45) is 0 Å². The quantitative estimate of drug-likeness (QED) is 0.285. The number of nitrogens with zero attached hydrogens (tertiary/aromatic N) is 3. The Morgan fingerprint density at radius 3 is 1.95 bits per heavy atom. The van der Waals surface area contributed by atoms with E-state index in [2.05, 4.69) is 34.0 Å². The zero-order valence-electron chi connectivity index (χ0n) is 20.7. The molecule has 0 aliphatic carbocycles. The van der Waals surface area contributed by atoms with E-state index in [0.717, 1.165) is 19.6 Å². The van der Waals surface area contributed by atoms with Crippen molar-refractivity contribution in [3.05, 3.63) is 96.3 Å². The summed E-state index contributed by atoms with van der Waals surface area (Å²) in [7, 11) is 0. The molecule has 0 fully saturated rings. The summed E-state index contributed by atoms with van der Waals surface area (Å²) in [4.78, 5) is 24.3. The van der Waals surface area contributed by atoms with Gasteiger partial charge in [0.2, 0.25) is 5.82 Å². The molecule has 0 aliphatic rings. The highest BCUT2D eigenvalue weighted by molar-refractivity contribution is 6.02. The van der Waals surface area contributed by atoms with Crippen LogP contribution in [0.15, 0.2) is 78.9 Å². The van der Waals surface area contributed by atoms with Crippen LogP contribution in [-0.2, 0) is 0 Å². The Hall–Kier alpha value is -4.17. The Balaban J connectivity index is 1.58. The maximum Gasteiger partial charge on any atom is 0.293 e. The van der Waals surface area contributed by atoms with Crippen LogP contribution in [0.25, 0.3) is 22.5 Å². The van der Waals surface area contributed by atoms with Gasteiger partial charge in [0.25, 0.3) is 5.91 Å². The molecule has 1 amide bonds. The Kier molecular flexibility index (Phi) is 8.53. The van der Waals surface area contributed by atoms with Crippen molar-refractivity contribution in [1.82, 2.24) is 14.9 Å². The third-order valence-electron chi connectivity index (χ3n) is 5.87. The topological polar surface area (TPSA) is 67.3 Å². The minimum absolute atomic E-state index is 0.0750. The van der Waals surface area contributed by atoms with Gasteiger partial charge in [-0.2, -0.15) is 0 Å². The van der Waals surface area contributed by atoms with Crippen molar-refractivity contribution >= 4 is 11.6 Å². The largest absolute Gasteiger partial charge is 0.492 e. The van der Waals surface area contributed by atoms with E-state index in [-0.39, 0.29) is 17.5 Å². The van der Waals surface area contributed by atoms with Gasteiger partial charge in [-0.25, -0.2) is 18.7 Å². The number of carbonyl (C=O) groups excluding carboxylic acids is 1. The smallest absolute Gasteiger partial charge is 0.293 e. The number of ether oxygens (including phenoxy) is 1. The van der Waals surface area contributed by atoms with Gasteiger partial charge in [0, 0.05) is 29.4 Å². The molecule has 0 saturated heterocycles. The number of hydrogen-bond donors (Lipinski definition) is 1. The molecule has 1 N–H and O–H groups in total. The number of anilines is 1. The van der Waals surface area contributed by atoms with E-state index in [9.17, 15) is 13.6 Å². The predicted octanol–water partition coefficient (Wildman–Crippen LogP) is 6.06. The van der Waals surface area contributed by atoms with E-state index in [1.165, 1.54) is 24.3 Å². The van der Waals surface area contributed by atoms with Gasteiger partial charge in [0.05, 0.1) is 11.4 Å². The Bertz CT molecular complexity index is 1280. The van der Waals surface area contributed by atoms with E-state index >= 15 is 0 Å². The van der Waals surface area contributed by atoms with Crippen molar-refractivity contribution in [3.63, 3.8) is 0 Å². The van der Waals surface area contributed by atoms with Gasteiger partial charge in [-0.15, -0.1) is 0 Å². The Morgan fingerprint density at radius 1 is 0.838 bits per heavy atom. The molecule has 0 spiro atoms. The van der Waals surface area contributed by atoms with Gasteiger partial charge >= 0.3 is 0 Å². The number of benzene rings is 3. The van der Waals surface area contributed by atoms with Crippen LogP contribution in [-0.4, -0.2) is 47.0 Å². The molecule has 0 atom stereocenters. The van der Waals surface area contributed by atoms with Gasteiger partial charge in [-0.1, -0.05) is 19.9 Å². The van der Waals surface area contributed by atoms with E-state index < -0.39 is 5.91 Å². The maximum absolute atomic E-state index is 13.5. The predicted molar refractivity (Wildman–Crippen MR) is 140 cm³/mol. The van der Waals surface area contributed by atoms with Crippen molar-refractivity contribution in [3.8, 4) is 28.3 Å². The fourth-order valence-electron chi connectivity index (χ4n) is 3.77. The summed E-state index contributed by atoms with van der Waals surface area (Å²) in [5, 5.41) is 2.82. The van der Waals surface area contributed by atoms with Crippen LogP contribution >= 0.6 is 0 Å². The number of hydrogen-bond acceptors (Lipinski definition) is 5. The molecule has 3 aromatic carbocycles. The van der Waals surface area contributed by atoms with Gasteiger partial charge in [0.1, 0.15) is 24.0 Å². The average Bonchev–Trinajstić information content (AvgIpc) is 2.92. The molecule has 0 unspecified atom stereocenters. The van der Waals surface area contributed by atoms with E-state index in [1.54, 1.807) is 48.5 Å². The zero-order chi connectivity index (χ0) is 26.2. The lowest BCUT2D eigenvalue weighted by molar-refractivity contribution is 0.101. The van der Waals surface area contributed by atoms with Gasteiger partial charge in [-0.3, -0.25) is 4.79 Å². The van der Waals surface area contributed by atoms with Gasteiger partial charge in [0.15, 0.2) is 0 Å². The first-order valence-corrected chi connectivity index (χ1v) is 12.1. The highest BCUT2D eigenvalue weighted by atomic mass is 19.1. The molecule has 0 bridgehead atoms. The summed E-state index contributed by atoms with van der Waals surface area (Å²) in [6.07, 6.45) is 0. The molecule has 190 valence electrons. The first-order chi connectivity index (χ1) is 17.9. The minimum Gasteiger partial charge on any atom is -0.492 e. The number of halogens is 2. The summed E-state index contributed by atoms with van der Waals surface area (Å²) in [6, 6.07) is 20.4. The molecular formula is C29H28F2N4O2. The van der Waals surface area contributed by atoms with E-state index in [1.807, 2.05) is 6.07 Å². The summed E-state index contributed by atoms with van der Waals surface area (Å²) in [6.45, 7) is 7.45. The van der Waals surface area contributed by atoms with Crippen LogP contribution < -0.4 is 10.1 Å². The highest BCUT2D eigenvalue weighted by Crippen LogP contribution is 2.25.